The minimum Gasteiger partial charge on any atom is -0.545 e. The Bertz CT molecular complexity index is 740. The molecule has 24 heavy (non-hydrogen) atoms. The Morgan fingerprint density at radius 3 is 1.75 bits per heavy atom. The van der Waals surface area contributed by atoms with Crippen LogP contribution in [0.4, 0.5) is 5.69 Å². The van der Waals surface area contributed by atoms with Crippen molar-refractivity contribution < 1.29 is 29.4 Å². The summed E-state index contributed by atoms with van der Waals surface area (Å²) in [5.41, 5.74) is -0.862. The average Bonchev–Trinajstić information content (AvgIpc) is 3.21. The van der Waals surface area contributed by atoms with Crippen LogP contribution in [-0.2, 0) is 9.59 Å². The highest BCUT2D eigenvalue weighted by atomic mass is 16.4. The van der Waals surface area contributed by atoms with Crippen molar-refractivity contribution in [1.29, 1.82) is 0 Å². The van der Waals surface area contributed by atoms with E-state index in [4.69, 9.17) is 0 Å². The van der Waals surface area contributed by atoms with E-state index >= 15 is 0 Å². The third-order valence-corrected chi connectivity index (χ3v) is 5.57. The van der Waals surface area contributed by atoms with Gasteiger partial charge in [-0.2, -0.15) is 0 Å². The molecule has 2 amide bonds. The molecule has 1 heterocycles. The summed E-state index contributed by atoms with van der Waals surface area (Å²) in [5, 5.41) is 22.2. The normalized spacial score (nSPS) is 30.8. The van der Waals surface area contributed by atoms with Gasteiger partial charge in [-0.15, -0.1) is 0 Å². The molecular weight excluding hydrogens is 314 g/mol. The number of carbonyl (C=O) groups is 4. The van der Waals surface area contributed by atoms with Crippen molar-refractivity contribution in [2.45, 2.75) is 19.3 Å². The molecule has 3 aliphatic rings. The van der Waals surface area contributed by atoms with Crippen LogP contribution in [0, 0.1) is 23.7 Å². The molecule has 7 heteroatoms. The van der Waals surface area contributed by atoms with E-state index in [1.54, 1.807) is 0 Å². The number of hydrogen-bond acceptors (Lipinski definition) is 6. The van der Waals surface area contributed by atoms with E-state index in [1.807, 2.05) is 0 Å². The van der Waals surface area contributed by atoms with E-state index in [1.165, 1.54) is 0 Å². The highest BCUT2D eigenvalue weighted by molar-refractivity contribution is 6.23. The first-order chi connectivity index (χ1) is 11.4. The number of carboxylic acids is 2. The van der Waals surface area contributed by atoms with Gasteiger partial charge in [0.1, 0.15) is 0 Å². The summed E-state index contributed by atoms with van der Waals surface area (Å²) in [6, 6.07) is 3.09. The third-order valence-electron chi connectivity index (χ3n) is 5.57. The molecule has 7 nitrogen and oxygen atoms in total. The first kappa shape index (κ1) is 14.9. The number of aromatic carboxylic acids is 2. The number of hydrogen-bond donors (Lipinski definition) is 0. The number of benzene rings is 1. The Hall–Kier alpha value is -2.70. The predicted octanol–water partition coefficient (Wildman–Crippen LogP) is -1.05. The Morgan fingerprint density at radius 2 is 1.33 bits per heavy atom. The standard InChI is InChI=1S/C17H15NO6/c19-14-12-7-1-2-8(3-7)13(12)15(20)18(14)11-5-9(16(21)22)4-10(6-11)17(23)24/h4-8,12-13H,1-3H2,(H,21,22)(H,23,24)/p-2/t7-,8+,12-,13+. The van der Waals surface area contributed by atoms with Crippen LogP contribution in [0.5, 0.6) is 0 Å². The van der Waals surface area contributed by atoms with E-state index < -0.39 is 23.1 Å². The van der Waals surface area contributed by atoms with Gasteiger partial charge in [0.05, 0.1) is 29.5 Å². The molecule has 0 spiro atoms. The van der Waals surface area contributed by atoms with Gasteiger partial charge in [-0.1, -0.05) is 0 Å². The molecule has 2 bridgehead atoms. The van der Waals surface area contributed by atoms with Gasteiger partial charge in [0.25, 0.3) is 0 Å². The zero-order chi connectivity index (χ0) is 17.2. The summed E-state index contributed by atoms with van der Waals surface area (Å²) in [6.45, 7) is 0. The smallest absolute Gasteiger partial charge is 0.237 e. The summed E-state index contributed by atoms with van der Waals surface area (Å²) in [7, 11) is 0. The van der Waals surface area contributed by atoms with Gasteiger partial charge in [0.15, 0.2) is 0 Å². The SMILES string of the molecule is O=C([O-])c1cc(C(=O)[O-])cc(N2C(=O)[C@@H]3[C@@H]4CC[C@@H](C4)[C@@H]3C2=O)c1. The second kappa shape index (κ2) is 4.90. The van der Waals surface area contributed by atoms with Crippen molar-refractivity contribution in [1.82, 2.24) is 0 Å². The molecule has 4 atom stereocenters. The molecule has 1 aromatic rings. The van der Waals surface area contributed by atoms with Crippen molar-refractivity contribution in [2.75, 3.05) is 4.90 Å². The Kier molecular flexibility index (Phi) is 3.03. The van der Waals surface area contributed by atoms with Crippen molar-refractivity contribution in [3.05, 3.63) is 29.3 Å². The van der Waals surface area contributed by atoms with Gasteiger partial charge in [-0.05, 0) is 60.4 Å². The van der Waals surface area contributed by atoms with E-state index in [0.717, 1.165) is 42.4 Å². The van der Waals surface area contributed by atoms with Crippen LogP contribution in [0.15, 0.2) is 18.2 Å². The van der Waals surface area contributed by atoms with Crippen LogP contribution >= 0.6 is 0 Å². The highest BCUT2D eigenvalue weighted by Crippen LogP contribution is 2.56. The van der Waals surface area contributed by atoms with Gasteiger partial charge in [0, 0.05) is 0 Å². The Morgan fingerprint density at radius 1 is 0.875 bits per heavy atom. The van der Waals surface area contributed by atoms with Gasteiger partial charge in [0.2, 0.25) is 11.8 Å². The number of nitrogens with zero attached hydrogens (tertiary/aromatic N) is 1. The zero-order valence-electron chi connectivity index (χ0n) is 12.6. The lowest BCUT2D eigenvalue weighted by molar-refractivity contribution is -0.255. The first-order valence-corrected chi connectivity index (χ1v) is 7.84. The van der Waals surface area contributed by atoms with Crippen LogP contribution in [0.25, 0.3) is 0 Å². The fraction of sp³-hybridized carbons (Fsp3) is 0.412. The Balaban J connectivity index is 1.79. The number of anilines is 1. The van der Waals surface area contributed by atoms with Crippen LogP contribution < -0.4 is 15.1 Å². The molecule has 0 unspecified atom stereocenters. The fourth-order valence-electron chi connectivity index (χ4n) is 4.64. The topological polar surface area (TPSA) is 118 Å². The Labute approximate surface area is 136 Å². The largest absolute Gasteiger partial charge is 0.545 e. The van der Waals surface area contributed by atoms with Gasteiger partial charge in [-0.25, -0.2) is 4.90 Å². The molecule has 0 N–H and O–H groups in total. The highest BCUT2D eigenvalue weighted by Gasteiger charge is 2.61. The third kappa shape index (κ3) is 1.90. The maximum absolute atomic E-state index is 12.7. The van der Waals surface area contributed by atoms with Crippen LogP contribution in [0.3, 0.4) is 0 Å². The monoisotopic (exact) mass is 327 g/mol. The lowest BCUT2D eigenvalue weighted by atomic mass is 9.81. The molecule has 0 aromatic heterocycles. The zero-order valence-corrected chi connectivity index (χ0v) is 12.6. The molecule has 2 aliphatic carbocycles. The molecule has 4 rings (SSSR count). The van der Waals surface area contributed by atoms with E-state index in [0.29, 0.717) is 0 Å². The molecular formula is C17H13NO6-2. The van der Waals surface area contributed by atoms with Crippen LogP contribution in [0.1, 0.15) is 40.0 Å². The van der Waals surface area contributed by atoms with Crippen molar-refractivity contribution in [3.8, 4) is 0 Å². The van der Waals surface area contributed by atoms with Crippen LogP contribution in [-0.4, -0.2) is 23.8 Å². The molecule has 1 saturated heterocycles. The van der Waals surface area contributed by atoms with Gasteiger partial charge >= 0.3 is 0 Å². The van der Waals surface area contributed by atoms with Gasteiger partial charge < -0.3 is 19.8 Å². The molecule has 1 aromatic carbocycles. The summed E-state index contributed by atoms with van der Waals surface area (Å²) in [4.78, 5) is 48.6. The van der Waals surface area contributed by atoms with Crippen LogP contribution in [0.2, 0.25) is 0 Å². The minimum atomic E-state index is -1.58. The number of carboxylic acid groups (broad SMARTS) is 2. The molecule has 1 aliphatic heterocycles. The lowest BCUT2D eigenvalue weighted by Crippen LogP contribution is -2.34. The first-order valence-electron chi connectivity index (χ1n) is 7.84. The summed E-state index contributed by atoms with van der Waals surface area (Å²) >= 11 is 0. The quantitative estimate of drug-likeness (QED) is 0.654. The maximum Gasteiger partial charge on any atom is 0.237 e. The summed E-state index contributed by atoms with van der Waals surface area (Å²) in [5.74, 6) is -4.26. The molecule has 3 fully saturated rings. The van der Waals surface area contributed by atoms with E-state index in [-0.39, 0.29) is 41.2 Å². The second-order valence-corrected chi connectivity index (χ2v) is 6.74. The molecule has 124 valence electrons. The number of amides is 2. The van der Waals surface area contributed by atoms with Gasteiger partial charge in [-0.3, -0.25) is 9.59 Å². The molecule has 2 saturated carbocycles. The summed E-state index contributed by atoms with van der Waals surface area (Å²) in [6.07, 6.45) is 2.72. The molecule has 0 radical (unpaired) electrons. The van der Waals surface area contributed by atoms with Crippen molar-refractivity contribution in [3.63, 3.8) is 0 Å². The second-order valence-electron chi connectivity index (χ2n) is 6.74. The number of imide groups is 1. The van der Waals surface area contributed by atoms with E-state index in [9.17, 15) is 29.4 Å². The van der Waals surface area contributed by atoms with Crippen molar-refractivity contribution in [2.24, 2.45) is 23.7 Å². The minimum absolute atomic E-state index is 0.0419. The predicted molar refractivity (Wildman–Crippen MR) is 75.4 cm³/mol. The van der Waals surface area contributed by atoms with Crippen molar-refractivity contribution >= 4 is 29.4 Å². The lowest BCUT2D eigenvalue weighted by Gasteiger charge is -2.20. The fourth-order valence-corrected chi connectivity index (χ4v) is 4.64. The summed E-state index contributed by atoms with van der Waals surface area (Å²) < 4.78 is 0. The average molecular weight is 327 g/mol. The number of fused-ring (bicyclic) bond motifs is 5. The maximum atomic E-state index is 12.7. The number of rotatable bonds is 3. The number of carbonyl (C=O) groups excluding carboxylic acids is 4. The van der Waals surface area contributed by atoms with E-state index in [2.05, 4.69) is 0 Å².